The summed E-state index contributed by atoms with van der Waals surface area (Å²) in [4.78, 5) is 1.46. The summed E-state index contributed by atoms with van der Waals surface area (Å²) in [5.74, 6) is 0. The van der Waals surface area contributed by atoms with E-state index in [9.17, 15) is 13.2 Å². The topological polar surface area (TPSA) is 23.5 Å². The van der Waals surface area contributed by atoms with Crippen molar-refractivity contribution in [1.82, 2.24) is 4.90 Å². The van der Waals surface area contributed by atoms with Crippen LogP contribution in [0, 0.1) is 0 Å². The van der Waals surface area contributed by atoms with Gasteiger partial charge >= 0.3 is 6.18 Å². The summed E-state index contributed by atoms with van der Waals surface area (Å²) in [7, 11) is 1.55. The van der Waals surface area contributed by atoms with Crippen LogP contribution in [0.4, 0.5) is 13.2 Å². The van der Waals surface area contributed by atoms with Gasteiger partial charge in [0.15, 0.2) is 6.10 Å². The third-order valence-electron chi connectivity index (χ3n) is 1.47. The number of aliphatic hydroxyl groups excluding tert-OH is 1. The third-order valence-corrected chi connectivity index (χ3v) is 1.47. The molecule has 0 saturated carbocycles. The van der Waals surface area contributed by atoms with Gasteiger partial charge in [0.1, 0.15) is 0 Å². The van der Waals surface area contributed by atoms with Gasteiger partial charge in [-0.3, -0.25) is 0 Å². The van der Waals surface area contributed by atoms with Crippen molar-refractivity contribution in [2.45, 2.75) is 25.6 Å². The Morgan fingerprint density at radius 2 is 1.92 bits per heavy atom. The Bertz CT molecular complexity index is 126. The van der Waals surface area contributed by atoms with Gasteiger partial charge in [-0.25, -0.2) is 0 Å². The molecule has 0 aromatic rings. The molecular weight excluding hydrogens is 171 g/mol. The predicted octanol–water partition coefficient (Wildman–Crippen LogP) is 1.25. The van der Waals surface area contributed by atoms with Gasteiger partial charge in [-0.1, -0.05) is 6.92 Å². The third kappa shape index (κ3) is 4.56. The molecule has 0 radical (unpaired) electrons. The molecule has 0 saturated heterocycles. The number of hydrogen-bond acceptors (Lipinski definition) is 2. The van der Waals surface area contributed by atoms with Crippen molar-refractivity contribution in [2.75, 3.05) is 20.1 Å². The van der Waals surface area contributed by atoms with Crippen molar-refractivity contribution in [2.24, 2.45) is 0 Å². The van der Waals surface area contributed by atoms with E-state index in [1.807, 2.05) is 6.92 Å². The molecule has 0 aliphatic heterocycles. The second-order valence-corrected chi connectivity index (χ2v) is 2.82. The first kappa shape index (κ1) is 11.7. The number of nitrogens with zero attached hydrogens (tertiary/aromatic N) is 1. The molecule has 0 amide bonds. The van der Waals surface area contributed by atoms with E-state index in [4.69, 9.17) is 5.11 Å². The Morgan fingerprint density at radius 3 is 2.25 bits per heavy atom. The first-order valence-electron chi connectivity index (χ1n) is 3.81. The van der Waals surface area contributed by atoms with Crippen LogP contribution in [0.3, 0.4) is 0 Å². The highest BCUT2D eigenvalue weighted by Gasteiger charge is 2.38. The number of likely N-dealkylation sites (N-methyl/N-ethyl adjacent to an activating group) is 1. The lowest BCUT2D eigenvalue weighted by atomic mass is 10.3. The highest BCUT2D eigenvalue weighted by atomic mass is 19.4. The molecule has 0 fully saturated rings. The van der Waals surface area contributed by atoms with Crippen LogP contribution in [0.15, 0.2) is 0 Å². The molecule has 12 heavy (non-hydrogen) atoms. The number of rotatable bonds is 4. The zero-order valence-corrected chi connectivity index (χ0v) is 7.23. The molecule has 1 atom stereocenters. The first-order chi connectivity index (χ1) is 5.38. The number of halogens is 3. The molecule has 0 heterocycles. The summed E-state index contributed by atoms with van der Waals surface area (Å²) < 4.78 is 35.3. The summed E-state index contributed by atoms with van der Waals surface area (Å²) in [6.45, 7) is 2.08. The molecule has 2 nitrogen and oxygen atoms in total. The minimum absolute atomic E-state index is 0.350. The molecule has 74 valence electrons. The number of aliphatic hydroxyl groups is 1. The Kier molecular flexibility index (Phi) is 4.55. The second-order valence-electron chi connectivity index (χ2n) is 2.82. The van der Waals surface area contributed by atoms with Crippen LogP contribution in [-0.4, -0.2) is 42.4 Å². The van der Waals surface area contributed by atoms with Gasteiger partial charge in [0.25, 0.3) is 0 Å². The second kappa shape index (κ2) is 4.67. The van der Waals surface area contributed by atoms with Crippen LogP contribution >= 0.6 is 0 Å². The van der Waals surface area contributed by atoms with Crippen LogP contribution in [0.25, 0.3) is 0 Å². The molecule has 1 N–H and O–H groups in total. The quantitative estimate of drug-likeness (QED) is 0.712. The SMILES string of the molecule is CCCN(C)CC(O)C(F)(F)F. The maximum atomic E-state index is 11.8. The van der Waals surface area contributed by atoms with Crippen LogP contribution in [0.5, 0.6) is 0 Å². The molecule has 0 aromatic carbocycles. The van der Waals surface area contributed by atoms with Gasteiger partial charge in [-0.2, -0.15) is 13.2 Å². The van der Waals surface area contributed by atoms with E-state index in [1.54, 1.807) is 7.05 Å². The van der Waals surface area contributed by atoms with Crippen LogP contribution in [-0.2, 0) is 0 Å². The van der Waals surface area contributed by atoms with Gasteiger partial charge in [0.05, 0.1) is 0 Å². The number of hydrogen-bond donors (Lipinski definition) is 1. The fraction of sp³-hybridized carbons (Fsp3) is 1.00. The van der Waals surface area contributed by atoms with Crippen LogP contribution in [0.2, 0.25) is 0 Å². The predicted molar refractivity (Wildman–Crippen MR) is 39.8 cm³/mol. The van der Waals surface area contributed by atoms with Gasteiger partial charge < -0.3 is 10.0 Å². The maximum Gasteiger partial charge on any atom is 0.415 e. The Hall–Kier alpha value is -0.290. The van der Waals surface area contributed by atoms with E-state index in [0.29, 0.717) is 6.54 Å². The molecule has 0 rings (SSSR count). The molecule has 1 unspecified atom stereocenters. The molecule has 0 bridgehead atoms. The summed E-state index contributed by atoms with van der Waals surface area (Å²) in [5, 5.41) is 8.62. The standard InChI is InChI=1S/C7H14F3NO/c1-3-4-11(2)5-6(12)7(8,9)10/h6,12H,3-5H2,1-2H3. The average molecular weight is 185 g/mol. The Morgan fingerprint density at radius 1 is 1.42 bits per heavy atom. The van der Waals surface area contributed by atoms with E-state index >= 15 is 0 Å². The van der Waals surface area contributed by atoms with Gasteiger partial charge in [0, 0.05) is 6.54 Å². The van der Waals surface area contributed by atoms with E-state index in [1.165, 1.54) is 4.90 Å². The minimum atomic E-state index is -4.50. The molecule has 5 heteroatoms. The van der Waals surface area contributed by atoms with Crippen LogP contribution in [0.1, 0.15) is 13.3 Å². The Labute approximate surface area is 70.0 Å². The van der Waals surface area contributed by atoms with Crippen molar-refractivity contribution in [1.29, 1.82) is 0 Å². The molecule has 0 spiro atoms. The van der Waals surface area contributed by atoms with Crippen molar-refractivity contribution in [3.63, 3.8) is 0 Å². The minimum Gasteiger partial charge on any atom is -0.382 e. The largest absolute Gasteiger partial charge is 0.415 e. The van der Waals surface area contributed by atoms with Crippen molar-refractivity contribution in [3.8, 4) is 0 Å². The zero-order valence-electron chi connectivity index (χ0n) is 7.23. The molecule has 0 aliphatic carbocycles. The van der Waals surface area contributed by atoms with E-state index in [0.717, 1.165) is 6.42 Å². The smallest absolute Gasteiger partial charge is 0.382 e. The van der Waals surface area contributed by atoms with Gasteiger partial charge in [-0.05, 0) is 20.0 Å². The lowest BCUT2D eigenvalue weighted by Crippen LogP contribution is -2.39. The van der Waals surface area contributed by atoms with Crippen molar-refractivity contribution in [3.05, 3.63) is 0 Å². The van der Waals surface area contributed by atoms with Crippen LogP contribution < -0.4 is 0 Å². The Balaban J connectivity index is 3.76. The van der Waals surface area contributed by atoms with Crippen molar-refractivity contribution >= 4 is 0 Å². The lowest BCUT2D eigenvalue weighted by Gasteiger charge is -2.21. The average Bonchev–Trinajstić information content (AvgIpc) is 1.85. The van der Waals surface area contributed by atoms with Crippen molar-refractivity contribution < 1.29 is 18.3 Å². The van der Waals surface area contributed by atoms with Gasteiger partial charge in [-0.15, -0.1) is 0 Å². The molecule has 0 aromatic heterocycles. The summed E-state index contributed by atoms with van der Waals surface area (Å²) in [6, 6.07) is 0. The zero-order chi connectivity index (χ0) is 9.78. The number of alkyl halides is 3. The van der Waals surface area contributed by atoms with E-state index < -0.39 is 12.3 Å². The van der Waals surface area contributed by atoms with Gasteiger partial charge in [0.2, 0.25) is 0 Å². The normalized spacial score (nSPS) is 15.2. The summed E-state index contributed by atoms with van der Waals surface area (Å²) in [5.41, 5.74) is 0. The fourth-order valence-electron chi connectivity index (χ4n) is 0.872. The summed E-state index contributed by atoms with van der Waals surface area (Å²) in [6.07, 6.45) is -5.95. The molecular formula is C7H14F3NO. The lowest BCUT2D eigenvalue weighted by molar-refractivity contribution is -0.207. The first-order valence-corrected chi connectivity index (χ1v) is 3.81. The highest BCUT2D eigenvalue weighted by Crippen LogP contribution is 2.20. The highest BCUT2D eigenvalue weighted by molar-refractivity contribution is 4.68. The fourth-order valence-corrected chi connectivity index (χ4v) is 0.872. The monoisotopic (exact) mass is 185 g/mol. The van der Waals surface area contributed by atoms with E-state index in [2.05, 4.69) is 0 Å². The maximum absolute atomic E-state index is 11.8. The molecule has 0 aliphatic rings. The summed E-state index contributed by atoms with van der Waals surface area (Å²) >= 11 is 0. The van der Waals surface area contributed by atoms with E-state index in [-0.39, 0.29) is 6.54 Å².